The predicted octanol–water partition coefficient (Wildman–Crippen LogP) is 5.00. The van der Waals surface area contributed by atoms with Gasteiger partial charge in [-0.25, -0.2) is 9.97 Å². The lowest BCUT2D eigenvalue weighted by molar-refractivity contribution is 0.0150. The van der Waals surface area contributed by atoms with Gasteiger partial charge in [0.25, 0.3) is 0 Å². The molecular weight excluding hydrogens is 472 g/mol. The van der Waals surface area contributed by atoms with E-state index in [1.807, 2.05) is 30.3 Å². The summed E-state index contributed by atoms with van der Waals surface area (Å²) >= 11 is 6.12. The van der Waals surface area contributed by atoms with E-state index in [9.17, 15) is 5.11 Å². The molecule has 0 unspecified atom stereocenters. The largest absolute Gasteiger partial charge is 0.389 e. The number of benzene rings is 2. The quantitative estimate of drug-likeness (QED) is 0.368. The molecule has 2 heterocycles. The Labute approximate surface area is 219 Å². The van der Waals surface area contributed by atoms with Gasteiger partial charge in [0.1, 0.15) is 5.82 Å². The van der Waals surface area contributed by atoms with Gasteiger partial charge in [0.15, 0.2) is 5.82 Å². The molecule has 2 aromatic carbocycles. The second-order valence-electron chi connectivity index (χ2n) is 9.47. The Bertz CT molecular complexity index is 1090. The number of hydrogen-bond donors (Lipinski definition) is 1. The fraction of sp³-hybridized carbons (Fsp3) is 0.448. The summed E-state index contributed by atoms with van der Waals surface area (Å²) in [7, 11) is 0. The highest BCUT2D eigenvalue weighted by Crippen LogP contribution is 2.28. The molecule has 1 aliphatic rings. The fourth-order valence-electron chi connectivity index (χ4n) is 4.53. The van der Waals surface area contributed by atoms with E-state index in [0.717, 1.165) is 78.9 Å². The maximum absolute atomic E-state index is 10.4. The van der Waals surface area contributed by atoms with Gasteiger partial charge in [0.2, 0.25) is 0 Å². The second kappa shape index (κ2) is 13.2. The minimum absolute atomic E-state index is 0.400. The van der Waals surface area contributed by atoms with Gasteiger partial charge in [0, 0.05) is 67.6 Å². The van der Waals surface area contributed by atoms with Crippen molar-refractivity contribution >= 4 is 17.4 Å². The topological polar surface area (TPSA) is 61.7 Å². The second-order valence-corrected chi connectivity index (χ2v) is 9.91. The van der Waals surface area contributed by atoms with Crippen molar-refractivity contribution in [3.8, 4) is 11.4 Å². The number of aromatic nitrogens is 2. The molecule has 4 rings (SSSR count). The van der Waals surface area contributed by atoms with E-state index in [2.05, 4.69) is 47.9 Å². The third-order valence-electron chi connectivity index (χ3n) is 6.61. The Balaban J connectivity index is 1.50. The molecular formula is C29H37ClN4O2. The average molecular weight is 509 g/mol. The van der Waals surface area contributed by atoms with Crippen LogP contribution in [0.1, 0.15) is 36.6 Å². The Kier molecular flexibility index (Phi) is 9.70. The molecule has 0 radical (unpaired) electrons. The van der Waals surface area contributed by atoms with Crippen LogP contribution in [0.4, 0.5) is 5.82 Å². The first kappa shape index (κ1) is 26.6. The number of nitrogens with zero attached hydrogens (tertiary/aromatic N) is 4. The van der Waals surface area contributed by atoms with E-state index >= 15 is 0 Å². The SMILES string of the molecule is CCCCOC[C@@H](O)CN1CCN(c2nc(-c3ccccc3)nc(C)c2Cc2ccc(Cl)cc2)CC1. The number of piperazine rings is 1. The fourth-order valence-corrected chi connectivity index (χ4v) is 4.66. The standard InChI is InChI=1S/C29H37ClN4O2/c1-3-4-18-36-21-26(35)20-33-14-16-34(17-15-33)29-27(19-23-10-12-25(30)13-11-23)22(2)31-28(32-29)24-8-6-5-7-9-24/h5-13,26,35H,3-4,14-21H2,1-2H3/t26-/m0/s1. The number of hydrogen-bond acceptors (Lipinski definition) is 6. The molecule has 0 spiro atoms. The highest BCUT2D eigenvalue weighted by Gasteiger charge is 2.24. The van der Waals surface area contributed by atoms with Crippen molar-refractivity contribution in [2.24, 2.45) is 0 Å². The molecule has 1 saturated heterocycles. The number of ether oxygens (including phenoxy) is 1. The number of unbranched alkanes of at least 4 members (excludes halogenated alkanes) is 1. The molecule has 0 saturated carbocycles. The van der Waals surface area contributed by atoms with Crippen molar-refractivity contribution < 1.29 is 9.84 Å². The van der Waals surface area contributed by atoms with Crippen molar-refractivity contribution in [3.05, 3.63) is 76.4 Å². The minimum atomic E-state index is -0.458. The van der Waals surface area contributed by atoms with Gasteiger partial charge in [-0.05, 0) is 31.0 Å². The third kappa shape index (κ3) is 7.26. The molecule has 1 aromatic heterocycles. The van der Waals surface area contributed by atoms with E-state index in [0.29, 0.717) is 19.8 Å². The summed E-state index contributed by atoms with van der Waals surface area (Å²) in [6.07, 6.45) is 2.43. The van der Waals surface area contributed by atoms with Crippen molar-refractivity contribution in [2.45, 2.75) is 39.2 Å². The first-order valence-electron chi connectivity index (χ1n) is 12.9. The van der Waals surface area contributed by atoms with E-state index in [1.165, 1.54) is 5.56 Å². The van der Waals surface area contributed by atoms with Gasteiger partial charge in [-0.1, -0.05) is 67.4 Å². The number of aliphatic hydroxyl groups is 1. The van der Waals surface area contributed by atoms with Crippen molar-refractivity contribution in [1.82, 2.24) is 14.9 Å². The molecule has 36 heavy (non-hydrogen) atoms. The van der Waals surface area contributed by atoms with Crippen LogP contribution in [0.5, 0.6) is 0 Å². The first-order valence-corrected chi connectivity index (χ1v) is 13.3. The van der Waals surface area contributed by atoms with Gasteiger partial charge in [-0.2, -0.15) is 0 Å². The lowest BCUT2D eigenvalue weighted by Gasteiger charge is -2.37. The smallest absolute Gasteiger partial charge is 0.161 e. The molecule has 1 aliphatic heterocycles. The maximum Gasteiger partial charge on any atom is 0.161 e. The highest BCUT2D eigenvalue weighted by molar-refractivity contribution is 6.30. The molecule has 0 bridgehead atoms. The Morgan fingerprint density at radius 3 is 2.42 bits per heavy atom. The Morgan fingerprint density at radius 1 is 1.00 bits per heavy atom. The molecule has 0 amide bonds. The molecule has 1 N–H and O–H groups in total. The summed E-state index contributed by atoms with van der Waals surface area (Å²) in [4.78, 5) is 14.7. The zero-order valence-electron chi connectivity index (χ0n) is 21.4. The van der Waals surface area contributed by atoms with Crippen molar-refractivity contribution in [3.63, 3.8) is 0 Å². The van der Waals surface area contributed by atoms with E-state index in [-0.39, 0.29) is 0 Å². The summed E-state index contributed by atoms with van der Waals surface area (Å²) in [5.41, 5.74) is 4.35. The van der Waals surface area contributed by atoms with Crippen LogP contribution in [0.25, 0.3) is 11.4 Å². The van der Waals surface area contributed by atoms with Gasteiger partial charge in [-0.3, -0.25) is 4.90 Å². The lowest BCUT2D eigenvalue weighted by atomic mass is 10.0. The predicted molar refractivity (Wildman–Crippen MR) is 147 cm³/mol. The van der Waals surface area contributed by atoms with Crippen LogP contribution in [0.2, 0.25) is 5.02 Å². The number of aryl methyl sites for hydroxylation is 1. The molecule has 192 valence electrons. The number of rotatable bonds is 11. The molecule has 3 aromatic rings. The molecule has 0 aliphatic carbocycles. The monoisotopic (exact) mass is 508 g/mol. The van der Waals surface area contributed by atoms with Crippen LogP contribution in [0.3, 0.4) is 0 Å². The molecule has 1 fully saturated rings. The van der Waals surface area contributed by atoms with Crippen LogP contribution in [-0.2, 0) is 11.2 Å². The Hall–Kier alpha value is -2.51. The average Bonchev–Trinajstić information content (AvgIpc) is 2.90. The number of halogens is 1. The molecule has 7 heteroatoms. The van der Waals surface area contributed by atoms with E-state index < -0.39 is 6.10 Å². The van der Waals surface area contributed by atoms with E-state index in [1.54, 1.807) is 0 Å². The minimum Gasteiger partial charge on any atom is -0.389 e. The summed E-state index contributed by atoms with van der Waals surface area (Å²) in [5, 5.41) is 11.1. The first-order chi connectivity index (χ1) is 17.5. The van der Waals surface area contributed by atoms with Crippen LogP contribution in [0, 0.1) is 6.92 Å². The van der Waals surface area contributed by atoms with Gasteiger partial charge in [0.05, 0.1) is 12.7 Å². The highest BCUT2D eigenvalue weighted by atomic mass is 35.5. The summed E-state index contributed by atoms with van der Waals surface area (Å²) < 4.78 is 5.60. The Morgan fingerprint density at radius 2 is 1.72 bits per heavy atom. The summed E-state index contributed by atoms with van der Waals surface area (Å²) in [5.74, 6) is 1.75. The number of anilines is 1. The zero-order chi connectivity index (χ0) is 25.3. The van der Waals surface area contributed by atoms with Gasteiger partial charge in [-0.15, -0.1) is 0 Å². The van der Waals surface area contributed by atoms with Crippen LogP contribution < -0.4 is 4.90 Å². The zero-order valence-corrected chi connectivity index (χ0v) is 22.1. The summed E-state index contributed by atoms with van der Waals surface area (Å²) in [6.45, 7) is 9.41. The molecule has 1 atom stereocenters. The van der Waals surface area contributed by atoms with Crippen LogP contribution in [0.15, 0.2) is 54.6 Å². The normalized spacial score (nSPS) is 15.3. The van der Waals surface area contributed by atoms with E-state index in [4.69, 9.17) is 26.3 Å². The van der Waals surface area contributed by atoms with Gasteiger partial charge >= 0.3 is 0 Å². The third-order valence-corrected chi connectivity index (χ3v) is 6.86. The van der Waals surface area contributed by atoms with Crippen molar-refractivity contribution in [1.29, 1.82) is 0 Å². The number of β-amino-alcohol motifs (C(OH)–C–C–N with tert-alkyl or cyclic N) is 1. The van der Waals surface area contributed by atoms with Crippen LogP contribution >= 0.6 is 11.6 Å². The van der Waals surface area contributed by atoms with Crippen molar-refractivity contribution in [2.75, 3.05) is 50.8 Å². The molecule has 6 nitrogen and oxygen atoms in total. The lowest BCUT2D eigenvalue weighted by Crippen LogP contribution is -2.49. The van der Waals surface area contributed by atoms with Gasteiger partial charge < -0.3 is 14.7 Å². The number of aliphatic hydroxyl groups excluding tert-OH is 1. The van der Waals surface area contributed by atoms with Crippen LogP contribution in [-0.4, -0.2) is 72.0 Å². The summed E-state index contributed by atoms with van der Waals surface area (Å²) in [6, 6.07) is 18.2. The maximum atomic E-state index is 10.4.